The number of anilines is 1. The number of rotatable bonds is 6. The van der Waals surface area contributed by atoms with Gasteiger partial charge in [-0.3, -0.25) is 0 Å². The van der Waals surface area contributed by atoms with Gasteiger partial charge in [0.15, 0.2) is 0 Å². The molecule has 1 aromatic heterocycles. The molecule has 0 unspecified atom stereocenters. The summed E-state index contributed by atoms with van der Waals surface area (Å²) in [7, 11) is 1.88. The molecule has 2 fully saturated rings. The second kappa shape index (κ2) is 4.05. The van der Waals surface area contributed by atoms with Crippen molar-refractivity contribution in [3.8, 4) is 0 Å². The lowest BCUT2D eigenvalue weighted by atomic mass is 10.4. The summed E-state index contributed by atoms with van der Waals surface area (Å²) in [6.45, 7) is 1.75. The molecular weight excluding hydrogens is 204 g/mol. The van der Waals surface area contributed by atoms with Crippen LogP contribution in [0.5, 0.6) is 0 Å². The molecule has 16 heavy (non-hydrogen) atoms. The summed E-state index contributed by atoms with van der Waals surface area (Å²) in [6.07, 6.45) is 5.27. The maximum Gasteiger partial charge on any atom is 0.318 e. The van der Waals surface area contributed by atoms with Crippen molar-refractivity contribution < 1.29 is 4.42 Å². The lowest BCUT2D eigenvalue weighted by Crippen LogP contribution is -2.28. The van der Waals surface area contributed by atoms with Crippen LogP contribution < -0.4 is 10.2 Å². The van der Waals surface area contributed by atoms with Gasteiger partial charge in [-0.2, -0.15) is 0 Å². The van der Waals surface area contributed by atoms with E-state index in [-0.39, 0.29) is 0 Å². The minimum atomic E-state index is 0.648. The fraction of sp³-hybridized carbons (Fsp3) is 0.818. The lowest BCUT2D eigenvalue weighted by Gasteiger charge is -2.18. The molecule has 88 valence electrons. The molecule has 0 bridgehead atoms. The van der Waals surface area contributed by atoms with Gasteiger partial charge in [-0.1, -0.05) is 5.10 Å². The summed E-state index contributed by atoms with van der Waals surface area (Å²) in [4.78, 5) is 2.31. The Morgan fingerprint density at radius 1 is 1.31 bits per heavy atom. The van der Waals surface area contributed by atoms with Crippen molar-refractivity contribution in [2.24, 2.45) is 5.92 Å². The van der Waals surface area contributed by atoms with Crippen LogP contribution in [0.25, 0.3) is 0 Å². The van der Waals surface area contributed by atoms with Gasteiger partial charge < -0.3 is 14.6 Å². The van der Waals surface area contributed by atoms with E-state index in [0.717, 1.165) is 18.5 Å². The Morgan fingerprint density at radius 2 is 2.12 bits per heavy atom. The predicted molar refractivity (Wildman–Crippen MR) is 60.2 cm³/mol. The van der Waals surface area contributed by atoms with Crippen LogP contribution in [0, 0.1) is 5.92 Å². The minimum Gasteiger partial charge on any atom is -0.407 e. The van der Waals surface area contributed by atoms with Crippen molar-refractivity contribution in [1.29, 1.82) is 0 Å². The fourth-order valence-electron chi connectivity index (χ4n) is 1.93. The van der Waals surface area contributed by atoms with Crippen LogP contribution in [-0.4, -0.2) is 29.8 Å². The van der Waals surface area contributed by atoms with Crippen molar-refractivity contribution in [3.63, 3.8) is 0 Å². The highest BCUT2D eigenvalue weighted by atomic mass is 16.4. The zero-order chi connectivity index (χ0) is 11.0. The Kier molecular flexibility index (Phi) is 2.55. The zero-order valence-corrected chi connectivity index (χ0v) is 9.65. The summed E-state index contributed by atoms with van der Waals surface area (Å²) in [5, 5.41) is 11.2. The lowest BCUT2D eigenvalue weighted by molar-refractivity contribution is 0.465. The molecule has 0 atom stereocenters. The number of hydrogen-bond donors (Lipinski definition) is 1. The summed E-state index contributed by atoms with van der Waals surface area (Å²) < 4.78 is 5.66. The van der Waals surface area contributed by atoms with Crippen molar-refractivity contribution in [2.75, 3.05) is 18.5 Å². The molecule has 0 aromatic carbocycles. The Hall–Kier alpha value is -1.10. The molecule has 1 heterocycles. The van der Waals surface area contributed by atoms with Crippen LogP contribution in [0.4, 0.5) is 6.01 Å². The maximum atomic E-state index is 5.66. The standard InChI is InChI=1S/C11H18N4O/c1-12-6-10-13-14-11(16-10)15(9-4-5-9)7-8-2-3-8/h8-9,12H,2-7H2,1H3. The second-order valence-electron chi connectivity index (χ2n) is 4.84. The first kappa shape index (κ1) is 10.1. The number of aromatic nitrogens is 2. The average Bonchev–Trinajstić information content (AvgIpc) is 3.17. The molecule has 0 aliphatic heterocycles. The van der Waals surface area contributed by atoms with E-state index in [1.54, 1.807) is 0 Å². The first-order valence-electron chi connectivity index (χ1n) is 6.10. The van der Waals surface area contributed by atoms with Crippen LogP contribution in [0.2, 0.25) is 0 Å². The highest BCUT2D eigenvalue weighted by molar-refractivity contribution is 5.30. The molecule has 2 saturated carbocycles. The number of nitrogens with zero attached hydrogens (tertiary/aromatic N) is 3. The van der Waals surface area contributed by atoms with Crippen LogP contribution >= 0.6 is 0 Å². The average molecular weight is 222 g/mol. The molecule has 5 nitrogen and oxygen atoms in total. The largest absolute Gasteiger partial charge is 0.407 e. The molecular formula is C11H18N4O. The number of nitrogens with one attached hydrogen (secondary N) is 1. The summed E-state index contributed by atoms with van der Waals surface area (Å²) in [5.41, 5.74) is 0. The normalized spacial score (nSPS) is 20.1. The smallest absolute Gasteiger partial charge is 0.318 e. The van der Waals surface area contributed by atoms with Crippen molar-refractivity contribution >= 4 is 6.01 Å². The molecule has 1 aromatic rings. The van der Waals surface area contributed by atoms with E-state index in [1.807, 2.05) is 7.05 Å². The van der Waals surface area contributed by atoms with Gasteiger partial charge in [-0.15, -0.1) is 5.10 Å². The van der Waals surface area contributed by atoms with E-state index in [4.69, 9.17) is 4.42 Å². The zero-order valence-electron chi connectivity index (χ0n) is 9.65. The molecule has 0 saturated heterocycles. The van der Waals surface area contributed by atoms with Crippen molar-refractivity contribution in [3.05, 3.63) is 5.89 Å². The van der Waals surface area contributed by atoms with E-state index in [0.29, 0.717) is 18.5 Å². The summed E-state index contributed by atoms with van der Waals surface area (Å²) in [6, 6.07) is 1.38. The summed E-state index contributed by atoms with van der Waals surface area (Å²) in [5.74, 6) is 1.54. The Labute approximate surface area is 95.2 Å². The van der Waals surface area contributed by atoms with Gasteiger partial charge in [0.2, 0.25) is 5.89 Å². The van der Waals surface area contributed by atoms with Gasteiger partial charge in [-0.25, -0.2) is 0 Å². The molecule has 3 rings (SSSR count). The Bertz CT molecular complexity index is 357. The van der Waals surface area contributed by atoms with Gasteiger partial charge in [0, 0.05) is 12.6 Å². The summed E-state index contributed by atoms with van der Waals surface area (Å²) >= 11 is 0. The van der Waals surface area contributed by atoms with E-state index >= 15 is 0 Å². The van der Waals surface area contributed by atoms with E-state index in [1.165, 1.54) is 25.7 Å². The van der Waals surface area contributed by atoms with Gasteiger partial charge in [-0.05, 0) is 38.6 Å². The van der Waals surface area contributed by atoms with Gasteiger partial charge in [0.1, 0.15) is 0 Å². The van der Waals surface area contributed by atoms with E-state index in [2.05, 4.69) is 20.4 Å². The second-order valence-corrected chi connectivity index (χ2v) is 4.84. The molecule has 0 amide bonds. The first-order valence-corrected chi connectivity index (χ1v) is 6.10. The van der Waals surface area contributed by atoms with E-state index in [9.17, 15) is 0 Å². The third-order valence-electron chi connectivity index (χ3n) is 3.17. The number of hydrogen-bond acceptors (Lipinski definition) is 5. The molecule has 0 radical (unpaired) electrons. The van der Waals surface area contributed by atoms with Crippen molar-refractivity contribution in [1.82, 2.24) is 15.5 Å². The van der Waals surface area contributed by atoms with Gasteiger partial charge in [0.25, 0.3) is 0 Å². The molecule has 2 aliphatic rings. The van der Waals surface area contributed by atoms with E-state index < -0.39 is 0 Å². The third-order valence-corrected chi connectivity index (χ3v) is 3.17. The monoisotopic (exact) mass is 222 g/mol. The third kappa shape index (κ3) is 2.19. The Morgan fingerprint density at radius 3 is 2.75 bits per heavy atom. The Balaban J connectivity index is 1.70. The van der Waals surface area contributed by atoms with Gasteiger partial charge in [0.05, 0.1) is 6.54 Å². The highest BCUT2D eigenvalue weighted by Crippen LogP contribution is 2.37. The van der Waals surface area contributed by atoms with Crippen LogP contribution in [0.15, 0.2) is 4.42 Å². The molecule has 2 aliphatic carbocycles. The van der Waals surface area contributed by atoms with Crippen molar-refractivity contribution in [2.45, 2.75) is 38.3 Å². The SMILES string of the molecule is CNCc1nnc(N(CC2CC2)C2CC2)o1. The fourth-order valence-corrected chi connectivity index (χ4v) is 1.93. The molecule has 5 heteroatoms. The maximum absolute atomic E-state index is 5.66. The predicted octanol–water partition coefficient (Wildman–Crippen LogP) is 1.17. The van der Waals surface area contributed by atoms with Crippen LogP contribution in [-0.2, 0) is 6.54 Å². The van der Waals surface area contributed by atoms with Crippen LogP contribution in [0.3, 0.4) is 0 Å². The molecule has 0 spiro atoms. The minimum absolute atomic E-state index is 0.648. The van der Waals surface area contributed by atoms with Crippen LogP contribution in [0.1, 0.15) is 31.6 Å². The highest BCUT2D eigenvalue weighted by Gasteiger charge is 2.36. The molecule has 1 N–H and O–H groups in total. The topological polar surface area (TPSA) is 54.2 Å². The quantitative estimate of drug-likeness (QED) is 0.783. The first-order chi connectivity index (χ1) is 7.86. The van der Waals surface area contributed by atoms with Gasteiger partial charge >= 0.3 is 6.01 Å².